The number of nitrogens with zero attached hydrogens (tertiary/aromatic N) is 7. The summed E-state index contributed by atoms with van der Waals surface area (Å²) in [5, 5.41) is 13.1. The van der Waals surface area contributed by atoms with Crippen LogP contribution in [0, 0.1) is 0 Å². The van der Waals surface area contributed by atoms with E-state index in [1.54, 1.807) is 11.8 Å². The highest BCUT2D eigenvalue weighted by Crippen LogP contribution is 2.43. The van der Waals surface area contributed by atoms with Crippen LogP contribution in [-0.4, -0.2) is 42.8 Å². The molecule has 0 unspecified atom stereocenters. The molecule has 156 valence electrons. The zero-order chi connectivity index (χ0) is 20.5. The van der Waals surface area contributed by atoms with Gasteiger partial charge in [-0.3, -0.25) is 4.57 Å². The monoisotopic (exact) mass is 423 g/mol. The Balaban J connectivity index is 1.37. The normalized spacial score (nSPS) is 17.3. The minimum Gasteiger partial charge on any atom is -0.368 e. The first kappa shape index (κ1) is 19.1. The number of anilines is 4. The van der Waals surface area contributed by atoms with Crippen molar-refractivity contribution in [2.24, 2.45) is 0 Å². The number of nitrogens with two attached hydrogens (primary N) is 1. The van der Waals surface area contributed by atoms with Crippen LogP contribution in [0.2, 0.25) is 0 Å². The molecule has 10 heteroatoms. The summed E-state index contributed by atoms with van der Waals surface area (Å²) in [5.41, 5.74) is 6.87. The molecule has 3 N–H and O–H groups in total. The van der Waals surface area contributed by atoms with E-state index in [2.05, 4.69) is 46.9 Å². The molecule has 9 nitrogen and oxygen atoms in total. The number of benzene rings is 1. The van der Waals surface area contributed by atoms with Crippen LogP contribution in [0.5, 0.6) is 0 Å². The third kappa shape index (κ3) is 4.04. The number of hydrogen-bond donors (Lipinski definition) is 2. The number of rotatable bonds is 7. The quantitative estimate of drug-likeness (QED) is 0.551. The van der Waals surface area contributed by atoms with E-state index in [0.29, 0.717) is 17.8 Å². The number of thioether (sulfide) groups is 1. The number of nitrogens with one attached hydrogen (secondary N) is 1. The second-order valence-corrected chi connectivity index (χ2v) is 9.01. The number of nitrogen functional groups attached to an aromatic ring is 1. The molecule has 1 aromatic carbocycles. The predicted octanol–water partition coefficient (Wildman–Crippen LogP) is 3.58. The van der Waals surface area contributed by atoms with Crippen molar-refractivity contribution < 1.29 is 0 Å². The highest BCUT2D eigenvalue weighted by molar-refractivity contribution is 7.99. The highest BCUT2D eigenvalue weighted by Gasteiger charge is 2.33. The van der Waals surface area contributed by atoms with Crippen LogP contribution in [0.4, 0.5) is 23.5 Å². The van der Waals surface area contributed by atoms with Crippen LogP contribution < -0.4 is 16.0 Å². The maximum Gasteiger partial charge on any atom is 0.232 e. The minimum atomic E-state index is -0.0419. The molecule has 0 bridgehead atoms. The first-order valence-corrected chi connectivity index (χ1v) is 11.3. The van der Waals surface area contributed by atoms with Gasteiger partial charge in [-0.1, -0.05) is 30.0 Å². The van der Waals surface area contributed by atoms with E-state index in [1.807, 2.05) is 30.3 Å². The second kappa shape index (κ2) is 8.10. The number of hydrogen-bond acceptors (Lipinski definition) is 9. The summed E-state index contributed by atoms with van der Waals surface area (Å²) in [6.45, 7) is 4.18. The largest absolute Gasteiger partial charge is 0.368 e. The molecular weight excluding hydrogens is 398 g/mol. The molecular formula is C20H25N9S. The fourth-order valence-electron chi connectivity index (χ4n) is 3.64. The predicted molar refractivity (Wildman–Crippen MR) is 118 cm³/mol. The summed E-state index contributed by atoms with van der Waals surface area (Å²) < 4.78 is 2.31. The van der Waals surface area contributed by atoms with E-state index in [9.17, 15) is 0 Å². The molecule has 2 fully saturated rings. The third-order valence-electron chi connectivity index (χ3n) is 5.29. The van der Waals surface area contributed by atoms with Crippen molar-refractivity contribution >= 4 is 35.3 Å². The Morgan fingerprint density at radius 1 is 1.07 bits per heavy atom. The van der Waals surface area contributed by atoms with Crippen LogP contribution in [0.1, 0.15) is 49.7 Å². The van der Waals surface area contributed by atoms with Crippen LogP contribution in [0.3, 0.4) is 0 Å². The molecule has 1 aliphatic carbocycles. The average molecular weight is 424 g/mol. The van der Waals surface area contributed by atoms with Gasteiger partial charge in [0.15, 0.2) is 5.16 Å². The molecule has 3 heterocycles. The molecule has 2 aromatic heterocycles. The van der Waals surface area contributed by atoms with Gasteiger partial charge < -0.3 is 16.0 Å². The summed E-state index contributed by atoms with van der Waals surface area (Å²) in [7, 11) is 0. The SMILES string of the molecule is C[C@@H](Sc1nnc(N2CCCC2)n1C1CC1)c1nc(N)nc(Nc2ccccc2)n1. The summed E-state index contributed by atoms with van der Waals surface area (Å²) in [6, 6.07) is 10.3. The molecule has 2 aliphatic rings. The van der Waals surface area contributed by atoms with E-state index >= 15 is 0 Å². The number of para-hydroxylation sites is 1. The van der Waals surface area contributed by atoms with Crippen LogP contribution >= 0.6 is 11.8 Å². The van der Waals surface area contributed by atoms with Crippen molar-refractivity contribution in [3.05, 3.63) is 36.2 Å². The molecule has 0 radical (unpaired) electrons. The zero-order valence-electron chi connectivity index (χ0n) is 16.9. The molecule has 1 saturated heterocycles. The van der Waals surface area contributed by atoms with E-state index in [4.69, 9.17) is 5.73 Å². The molecule has 5 rings (SSSR count). The Morgan fingerprint density at radius 3 is 2.57 bits per heavy atom. The van der Waals surface area contributed by atoms with Gasteiger partial charge in [-0.2, -0.15) is 15.0 Å². The van der Waals surface area contributed by atoms with Crippen LogP contribution in [0.25, 0.3) is 0 Å². The Labute approximate surface area is 179 Å². The summed E-state index contributed by atoms with van der Waals surface area (Å²) in [4.78, 5) is 15.5. The maximum absolute atomic E-state index is 5.97. The van der Waals surface area contributed by atoms with Gasteiger partial charge in [-0.15, -0.1) is 10.2 Å². The minimum absolute atomic E-state index is 0.0419. The lowest BCUT2D eigenvalue weighted by Gasteiger charge is -2.18. The van der Waals surface area contributed by atoms with E-state index in [-0.39, 0.29) is 11.2 Å². The third-order valence-corrected chi connectivity index (χ3v) is 6.35. The van der Waals surface area contributed by atoms with Crippen LogP contribution in [-0.2, 0) is 0 Å². The van der Waals surface area contributed by atoms with Gasteiger partial charge in [-0.25, -0.2) is 0 Å². The smallest absolute Gasteiger partial charge is 0.232 e. The molecule has 3 aromatic rings. The van der Waals surface area contributed by atoms with Crippen LogP contribution in [0.15, 0.2) is 35.5 Å². The van der Waals surface area contributed by atoms with Gasteiger partial charge in [0.25, 0.3) is 0 Å². The van der Waals surface area contributed by atoms with Gasteiger partial charge in [0.2, 0.25) is 17.8 Å². The van der Waals surface area contributed by atoms with Gasteiger partial charge in [-0.05, 0) is 44.7 Å². The zero-order valence-corrected chi connectivity index (χ0v) is 17.7. The fourth-order valence-corrected chi connectivity index (χ4v) is 4.60. The second-order valence-electron chi connectivity index (χ2n) is 7.70. The van der Waals surface area contributed by atoms with E-state index in [0.717, 1.165) is 29.9 Å². The van der Waals surface area contributed by atoms with Crippen molar-refractivity contribution in [2.45, 2.75) is 49.1 Å². The van der Waals surface area contributed by atoms with Gasteiger partial charge in [0, 0.05) is 24.8 Å². The summed E-state index contributed by atoms with van der Waals surface area (Å²) in [6.07, 6.45) is 4.81. The Hall–Kier alpha value is -2.88. The Morgan fingerprint density at radius 2 is 1.83 bits per heavy atom. The molecule has 1 saturated carbocycles. The Bertz CT molecular complexity index is 1010. The van der Waals surface area contributed by atoms with E-state index < -0.39 is 0 Å². The van der Waals surface area contributed by atoms with Crippen molar-refractivity contribution in [3.63, 3.8) is 0 Å². The average Bonchev–Trinajstić information content (AvgIpc) is 3.26. The molecule has 1 aliphatic heterocycles. The van der Waals surface area contributed by atoms with Crippen molar-refractivity contribution in [1.29, 1.82) is 0 Å². The molecule has 0 amide bonds. The Kier molecular flexibility index (Phi) is 5.16. The van der Waals surface area contributed by atoms with Gasteiger partial charge in [0.05, 0.1) is 5.25 Å². The molecule has 30 heavy (non-hydrogen) atoms. The van der Waals surface area contributed by atoms with Gasteiger partial charge in [0.1, 0.15) is 5.82 Å². The lowest BCUT2D eigenvalue weighted by molar-refractivity contribution is 0.650. The van der Waals surface area contributed by atoms with Gasteiger partial charge >= 0.3 is 0 Å². The van der Waals surface area contributed by atoms with Crippen molar-refractivity contribution in [3.8, 4) is 0 Å². The summed E-state index contributed by atoms with van der Waals surface area (Å²) >= 11 is 1.62. The lowest BCUT2D eigenvalue weighted by atomic mass is 10.3. The van der Waals surface area contributed by atoms with Crippen molar-refractivity contribution in [1.82, 2.24) is 29.7 Å². The van der Waals surface area contributed by atoms with Crippen molar-refractivity contribution in [2.75, 3.05) is 29.0 Å². The standard InChI is InChI=1S/C20H25N9S/c1-13(16-23-17(21)25-18(24-16)22-14-7-3-2-4-8-14)30-20-27-26-19(28-11-5-6-12-28)29(20)15-9-10-15/h2-4,7-8,13,15H,5-6,9-12H2,1H3,(H3,21,22,23,24,25)/t13-/m1/s1. The highest BCUT2D eigenvalue weighted by atomic mass is 32.2. The lowest BCUT2D eigenvalue weighted by Crippen LogP contribution is -2.22. The summed E-state index contributed by atoms with van der Waals surface area (Å²) in [5.74, 6) is 2.27. The first-order valence-electron chi connectivity index (χ1n) is 10.4. The molecule has 0 spiro atoms. The number of aromatic nitrogens is 6. The molecule has 1 atom stereocenters. The maximum atomic E-state index is 5.97. The fraction of sp³-hybridized carbons (Fsp3) is 0.450. The first-order chi connectivity index (χ1) is 14.7. The van der Waals surface area contributed by atoms with E-state index in [1.165, 1.54) is 25.7 Å². The topological polar surface area (TPSA) is 111 Å².